The highest BCUT2D eigenvalue weighted by Crippen LogP contribution is 2.35. The van der Waals surface area contributed by atoms with Crippen LogP contribution in [0.5, 0.6) is 11.6 Å². The predicted octanol–water partition coefficient (Wildman–Crippen LogP) is 4.98. The van der Waals surface area contributed by atoms with Gasteiger partial charge < -0.3 is 10.1 Å². The maximum Gasteiger partial charge on any atom is 0.219 e. The molecule has 0 saturated carbocycles. The van der Waals surface area contributed by atoms with Gasteiger partial charge in [-0.05, 0) is 31.5 Å². The van der Waals surface area contributed by atoms with Crippen LogP contribution < -0.4 is 10.1 Å². The molecule has 134 valence electrons. The standard InChI is InChI=1S/C19H18ClN3O2S/c1-11(22-12(2)24)4-5-14-6-7-19(21-10-14)25-17-9-18-16(8-15(17)20)23-13(3)26-18/h4-11H,1-3H3,(H,22,24)/b5-4+/t11-/m0/s1. The number of nitrogens with one attached hydrogen (secondary N) is 1. The molecular formula is C19H18ClN3O2S. The monoisotopic (exact) mass is 387 g/mol. The summed E-state index contributed by atoms with van der Waals surface area (Å²) in [6.45, 7) is 5.36. The summed E-state index contributed by atoms with van der Waals surface area (Å²) in [5, 5.41) is 4.27. The highest BCUT2D eigenvalue weighted by Gasteiger charge is 2.09. The Kier molecular flexibility index (Phi) is 5.54. The zero-order chi connectivity index (χ0) is 18.7. The number of nitrogens with zero attached hydrogens (tertiary/aromatic N) is 2. The topological polar surface area (TPSA) is 64.1 Å². The number of rotatable bonds is 5. The molecule has 0 unspecified atom stereocenters. The molecule has 7 heteroatoms. The number of carbonyl (C=O) groups excluding carboxylic acids is 1. The minimum absolute atomic E-state index is 0.0446. The fourth-order valence-corrected chi connectivity index (χ4v) is 3.44. The van der Waals surface area contributed by atoms with Crippen LogP contribution in [0.2, 0.25) is 5.02 Å². The minimum atomic E-state index is -0.0611. The zero-order valence-corrected chi connectivity index (χ0v) is 16.2. The Labute approximate surface area is 160 Å². The molecule has 0 spiro atoms. The second-order valence-corrected chi connectivity index (χ2v) is 7.51. The summed E-state index contributed by atoms with van der Waals surface area (Å²) in [6.07, 6.45) is 5.50. The van der Waals surface area contributed by atoms with Gasteiger partial charge >= 0.3 is 0 Å². The summed E-state index contributed by atoms with van der Waals surface area (Å²) >= 11 is 7.88. The number of benzene rings is 1. The van der Waals surface area contributed by atoms with Crippen molar-refractivity contribution in [3.05, 3.63) is 52.1 Å². The van der Waals surface area contributed by atoms with Crippen molar-refractivity contribution in [2.24, 2.45) is 0 Å². The van der Waals surface area contributed by atoms with E-state index in [-0.39, 0.29) is 11.9 Å². The number of pyridine rings is 1. The molecule has 0 fully saturated rings. The van der Waals surface area contributed by atoms with Crippen LogP contribution in [0.3, 0.4) is 0 Å². The van der Waals surface area contributed by atoms with Crippen molar-refractivity contribution in [1.29, 1.82) is 0 Å². The number of hydrogen-bond donors (Lipinski definition) is 1. The molecule has 0 bridgehead atoms. The van der Waals surface area contributed by atoms with Crippen LogP contribution >= 0.6 is 22.9 Å². The molecule has 1 aromatic carbocycles. The third kappa shape index (κ3) is 4.59. The van der Waals surface area contributed by atoms with Gasteiger partial charge in [-0.1, -0.05) is 23.8 Å². The van der Waals surface area contributed by atoms with Crippen molar-refractivity contribution in [2.75, 3.05) is 0 Å². The number of hydrogen-bond acceptors (Lipinski definition) is 5. The lowest BCUT2D eigenvalue weighted by Crippen LogP contribution is -2.28. The van der Waals surface area contributed by atoms with E-state index >= 15 is 0 Å². The normalized spacial score (nSPS) is 12.5. The lowest BCUT2D eigenvalue weighted by atomic mass is 10.2. The Balaban J connectivity index is 1.72. The van der Waals surface area contributed by atoms with Crippen molar-refractivity contribution >= 4 is 45.1 Å². The molecule has 1 amide bonds. The molecule has 0 aliphatic carbocycles. The van der Waals surface area contributed by atoms with E-state index in [1.54, 1.807) is 29.7 Å². The Hall–Kier alpha value is -2.44. The smallest absolute Gasteiger partial charge is 0.219 e. The lowest BCUT2D eigenvalue weighted by molar-refractivity contribution is -0.119. The number of thiazole rings is 1. The first-order chi connectivity index (χ1) is 12.4. The lowest BCUT2D eigenvalue weighted by Gasteiger charge is -2.08. The fourth-order valence-electron chi connectivity index (χ4n) is 2.41. The molecule has 3 rings (SSSR count). The van der Waals surface area contributed by atoms with Gasteiger partial charge in [-0.3, -0.25) is 4.79 Å². The number of amides is 1. The SMILES string of the molecule is CC(=O)N[C@@H](C)/C=C/c1ccc(Oc2cc3sc(C)nc3cc2Cl)nc1. The highest BCUT2D eigenvalue weighted by molar-refractivity contribution is 7.18. The summed E-state index contributed by atoms with van der Waals surface area (Å²) in [5.74, 6) is 0.950. The predicted molar refractivity (Wildman–Crippen MR) is 106 cm³/mol. The number of fused-ring (bicyclic) bond motifs is 1. The fraction of sp³-hybridized carbons (Fsp3) is 0.211. The van der Waals surface area contributed by atoms with Gasteiger partial charge in [-0.25, -0.2) is 9.97 Å². The van der Waals surface area contributed by atoms with Crippen LogP contribution in [0.1, 0.15) is 24.4 Å². The minimum Gasteiger partial charge on any atom is -0.437 e. The van der Waals surface area contributed by atoms with Crippen molar-refractivity contribution in [2.45, 2.75) is 26.8 Å². The number of ether oxygens (including phenoxy) is 1. The molecule has 2 aromatic heterocycles. The van der Waals surface area contributed by atoms with E-state index in [4.69, 9.17) is 16.3 Å². The Morgan fingerprint density at radius 2 is 2.19 bits per heavy atom. The van der Waals surface area contributed by atoms with Crippen LogP contribution in [-0.4, -0.2) is 21.9 Å². The number of carbonyl (C=O) groups is 1. The van der Waals surface area contributed by atoms with Crippen LogP contribution in [0.25, 0.3) is 16.3 Å². The highest BCUT2D eigenvalue weighted by atomic mass is 35.5. The maximum absolute atomic E-state index is 11.0. The summed E-state index contributed by atoms with van der Waals surface area (Å²) in [7, 11) is 0. The molecule has 26 heavy (non-hydrogen) atoms. The third-order valence-corrected chi connectivity index (χ3v) is 4.76. The zero-order valence-electron chi connectivity index (χ0n) is 14.6. The van der Waals surface area contributed by atoms with E-state index in [1.807, 2.05) is 38.1 Å². The molecule has 0 radical (unpaired) electrons. The van der Waals surface area contributed by atoms with Crippen LogP contribution in [-0.2, 0) is 4.79 Å². The molecular weight excluding hydrogens is 370 g/mol. The second-order valence-electron chi connectivity index (χ2n) is 5.86. The van der Waals surface area contributed by atoms with Gasteiger partial charge in [-0.15, -0.1) is 11.3 Å². The number of aromatic nitrogens is 2. The van der Waals surface area contributed by atoms with Crippen molar-refractivity contribution in [3.8, 4) is 11.6 Å². The molecule has 1 N–H and O–H groups in total. The molecule has 2 heterocycles. The van der Waals surface area contributed by atoms with Gasteiger partial charge in [0.25, 0.3) is 0 Å². The van der Waals surface area contributed by atoms with Crippen LogP contribution in [0.15, 0.2) is 36.5 Å². The largest absolute Gasteiger partial charge is 0.437 e. The van der Waals surface area contributed by atoms with Gasteiger partial charge in [-0.2, -0.15) is 0 Å². The molecule has 3 aromatic rings. The molecule has 0 saturated heterocycles. The summed E-state index contributed by atoms with van der Waals surface area (Å²) in [6, 6.07) is 7.31. The summed E-state index contributed by atoms with van der Waals surface area (Å²) in [5.41, 5.74) is 1.78. The summed E-state index contributed by atoms with van der Waals surface area (Å²) < 4.78 is 6.84. The van der Waals surface area contributed by atoms with Crippen LogP contribution in [0.4, 0.5) is 0 Å². The maximum atomic E-state index is 11.0. The Morgan fingerprint density at radius 1 is 1.38 bits per heavy atom. The van der Waals surface area contributed by atoms with E-state index in [0.717, 1.165) is 20.8 Å². The van der Waals surface area contributed by atoms with Crippen molar-refractivity contribution in [3.63, 3.8) is 0 Å². The Morgan fingerprint density at radius 3 is 2.88 bits per heavy atom. The third-order valence-electron chi connectivity index (χ3n) is 3.53. The summed E-state index contributed by atoms with van der Waals surface area (Å²) in [4.78, 5) is 19.7. The van der Waals surface area contributed by atoms with Gasteiger partial charge in [0, 0.05) is 31.3 Å². The molecule has 0 aliphatic rings. The van der Waals surface area contributed by atoms with E-state index in [9.17, 15) is 4.79 Å². The first-order valence-electron chi connectivity index (χ1n) is 8.06. The van der Waals surface area contributed by atoms with Gasteiger partial charge in [0.15, 0.2) is 0 Å². The average Bonchev–Trinajstić information content (AvgIpc) is 2.93. The van der Waals surface area contributed by atoms with E-state index in [0.29, 0.717) is 16.7 Å². The van der Waals surface area contributed by atoms with E-state index in [2.05, 4.69) is 15.3 Å². The number of aryl methyl sites for hydroxylation is 1. The first kappa shape index (κ1) is 18.4. The second kappa shape index (κ2) is 7.85. The molecule has 5 nitrogen and oxygen atoms in total. The van der Waals surface area contributed by atoms with Gasteiger partial charge in [0.05, 0.1) is 20.2 Å². The van der Waals surface area contributed by atoms with Gasteiger partial charge in [0.2, 0.25) is 11.8 Å². The quantitative estimate of drug-likeness (QED) is 0.670. The average molecular weight is 388 g/mol. The number of halogens is 1. The first-order valence-corrected chi connectivity index (χ1v) is 9.26. The van der Waals surface area contributed by atoms with E-state index in [1.165, 1.54) is 6.92 Å². The Bertz CT molecular complexity index is 967. The van der Waals surface area contributed by atoms with Crippen molar-refractivity contribution < 1.29 is 9.53 Å². The van der Waals surface area contributed by atoms with Gasteiger partial charge in [0.1, 0.15) is 5.75 Å². The molecule has 0 aliphatic heterocycles. The van der Waals surface area contributed by atoms with E-state index < -0.39 is 0 Å². The van der Waals surface area contributed by atoms with Crippen LogP contribution in [0, 0.1) is 6.92 Å². The molecule has 1 atom stereocenters. The van der Waals surface area contributed by atoms with Crippen molar-refractivity contribution in [1.82, 2.24) is 15.3 Å².